The Balaban J connectivity index is 1.45. The molecule has 2 aromatic rings. The van der Waals surface area contributed by atoms with Gasteiger partial charge in [-0.25, -0.2) is 0 Å². The predicted octanol–water partition coefficient (Wildman–Crippen LogP) is 4.79. The molecule has 2 aromatic carbocycles. The number of aldehydes is 1. The van der Waals surface area contributed by atoms with Crippen molar-refractivity contribution in [2.75, 3.05) is 24.6 Å². The highest BCUT2D eigenvalue weighted by Crippen LogP contribution is 2.38. The number of benzene rings is 2. The SMILES string of the molecule is CC(=O)c1ccc(N2c3ccc(OCCCN4CCC[C@H]4C)cc3CCC2C=O)cc1. The van der Waals surface area contributed by atoms with Gasteiger partial charge < -0.3 is 19.3 Å². The Kier molecular flexibility index (Phi) is 6.71. The number of carbonyl (C=O) groups excluding carboxylic acids is 2. The number of aryl methyl sites for hydroxylation is 1. The van der Waals surface area contributed by atoms with E-state index in [9.17, 15) is 9.59 Å². The Labute approximate surface area is 185 Å². The third-order valence-corrected chi connectivity index (χ3v) is 6.61. The smallest absolute Gasteiger partial charge is 0.159 e. The van der Waals surface area contributed by atoms with Crippen LogP contribution < -0.4 is 9.64 Å². The minimum absolute atomic E-state index is 0.0403. The van der Waals surface area contributed by atoms with E-state index >= 15 is 0 Å². The molecule has 2 heterocycles. The molecule has 5 heteroatoms. The van der Waals surface area contributed by atoms with Gasteiger partial charge in [0.25, 0.3) is 0 Å². The summed E-state index contributed by atoms with van der Waals surface area (Å²) in [5.74, 6) is 0.933. The maximum atomic E-state index is 11.8. The number of anilines is 2. The van der Waals surface area contributed by atoms with E-state index in [1.54, 1.807) is 6.92 Å². The predicted molar refractivity (Wildman–Crippen MR) is 124 cm³/mol. The number of hydrogen-bond donors (Lipinski definition) is 0. The summed E-state index contributed by atoms with van der Waals surface area (Å²) in [5, 5.41) is 0. The average molecular weight is 421 g/mol. The van der Waals surface area contributed by atoms with Gasteiger partial charge >= 0.3 is 0 Å². The molecule has 0 bridgehead atoms. The molecule has 0 amide bonds. The van der Waals surface area contributed by atoms with Crippen LogP contribution in [-0.4, -0.2) is 48.7 Å². The molecule has 0 radical (unpaired) electrons. The molecule has 0 N–H and O–H groups in total. The van der Waals surface area contributed by atoms with E-state index in [-0.39, 0.29) is 11.8 Å². The number of ketones is 1. The number of Topliss-reactive ketones (excluding diaryl/α,β-unsaturated/α-hetero) is 1. The Morgan fingerprint density at radius 3 is 2.65 bits per heavy atom. The average Bonchev–Trinajstić information content (AvgIpc) is 3.20. The van der Waals surface area contributed by atoms with E-state index < -0.39 is 0 Å². The van der Waals surface area contributed by atoms with Gasteiger partial charge in [0, 0.05) is 29.5 Å². The molecule has 1 unspecified atom stereocenters. The number of ether oxygens (including phenoxy) is 1. The topological polar surface area (TPSA) is 49.9 Å². The molecule has 2 aliphatic heterocycles. The molecule has 2 aliphatic rings. The third-order valence-electron chi connectivity index (χ3n) is 6.61. The van der Waals surface area contributed by atoms with Crippen LogP contribution >= 0.6 is 0 Å². The van der Waals surface area contributed by atoms with Gasteiger partial charge in [-0.15, -0.1) is 0 Å². The van der Waals surface area contributed by atoms with Gasteiger partial charge in [-0.1, -0.05) is 0 Å². The quantitative estimate of drug-likeness (QED) is 0.349. The second kappa shape index (κ2) is 9.65. The molecule has 1 fully saturated rings. The van der Waals surface area contributed by atoms with Crippen LogP contribution in [0.1, 0.15) is 55.5 Å². The number of nitrogens with zero attached hydrogens (tertiary/aromatic N) is 2. The maximum Gasteiger partial charge on any atom is 0.159 e. The first-order chi connectivity index (χ1) is 15.1. The monoisotopic (exact) mass is 420 g/mol. The fourth-order valence-electron chi connectivity index (χ4n) is 4.80. The molecule has 0 saturated carbocycles. The summed E-state index contributed by atoms with van der Waals surface area (Å²) in [5.41, 5.74) is 3.84. The molecule has 0 spiro atoms. The second-order valence-corrected chi connectivity index (χ2v) is 8.73. The fourth-order valence-corrected chi connectivity index (χ4v) is 4.80. The van der Waals surface area contributed by atoms with E-state index in [1.165, 1.54) is 24.9 Å². The van der Waals surface area contributed by atoms with Crippen LogP contribution in [0.25, 0.3) is 0 Å². The van der Waals surface area contributed by atoms with Crippen molar-refractivity contribution in [2.45, 2.75) is 58.0 Å². The molecular formula is C26H32N2O3. The van der Waals surface area contributed by atoms with Gasteiger partial charge in [-0.2, -0.15) is 0 Å². The lowest BCUT2D eigenvalue weighted by Crippen LogP contribution is -2.36. The van der Waals surface area contributed by atoms with E-state index in [0.29, 0.717) is 11.6 Å². The van der Waals surface area contributed by atoms with Crippen molar-refractivity contribution in [1.29, 1.82) is 0 Å². The van der Waals surface area contributed by atoms with Gasteiger partial charge in [0.05, 0.1) is 12.6 Å². The van der Waals surface area contributed by atoms with Crippen LogP contribution in [0, 0.1) is 0 Å². The molecule has 31 heavy (non-hydrogen) atoms. The van der Waals surface area contributed by atoms with Crippen LogP contribution in [0.2, 0.25) is 0 Å². The molecule has 0 aliphatic carbocycles. The molecule has 2 atom stereocenters. The lowest BCUT2D eigenvalue weighted by molar-refractivity contribution is -0.109. The Bertz CT molecular complexity index is 925. The van der Waals surface area contributed by atoms with Crippen LogP contribution in [-0.2, 0) is 11.2 Å². The van der Waals surface area contributed by atoms with E-state index in [1.807, 2.05) is 30.3 Å². The number of fused-ring (bicyclic) bond motifs is 1. The highest BCUT2D eigenvalue weighted by Gasteiger charge is 2.27. The van der Waals surface area contributed by atoms with Gasteiger partial charge in [0.15, 0.2) is 5.78 Å². The van der Waals surface area contributed by atoms with Gasteiger partial charge in [0.2, 0.25) is 0 Å². The maximum absolute atomic E-state index is 11.8. The lowest BCUT2D eigenvalue weighted by Gasteiger charge is -2.36. The molecule has 1 saturated heterocycles. The lowest BCUT2D eigenvalue weighted by atomic mass is 9.95. The van der Waals surface area contributed by atoms with Crippen molar-refractivity contribution in [3.8, 4) is 5.75 Å². The molecule has 0 aromatic heterocycles. The minimum atomic E-state index is -0.204. The standard InChI is InChI=1S/C26H32N2O3/c1-19-5-3-14-27(19)15-4-16-31-25-12-13-26-22(17-25)8-11-24(18-29)28(26)23-9-6-21(7-10-23)20(2)30/h6-7,9-10,12-13,17-19,24H,3-5,8,11,14-16H2,1-2H3/t19-,24?/m1/s1. The summed E-state index contributed by atoms with van der Waals surface area (Å²) in [4.78, 5) is 28.0. The van der Waals surface area contributed by atoms with Gasteiger partial charge in [-0.05, 0) is 101 Å². The summed E-state index contributed by atoms with van der Waals surface area (Å²) in [6, 6.07) is 14.2. The Morgan fingerprint density at radius 2 is 1.97 bits per heavy atom. The number of hydrogen-bond acceptors (Lipinski definition) is 5. The first kappa shape index (κ1) is 21.6. The zero-order valence-corrected chi connectivity index (χ0v) is 18.5. The van der Waals surface area contributed by atoms with Crippen molar-refractivity contribution in [3.05, 3.63) is 53.6 Å². The summed E-state index contributed by atoms with van der Waals surface area (Å²) in [7, 11) is 0. The molecule has 4 rings (SSSR count). The van der Waals surface area contributed by atoms with Crippen molar-refractivity contribution < 1.29 is 14.3 Å². The first-order valence-electron chi connectivity index (χ1n) is 11.4. The summed E-state index contributed by atoms with van der Waals surface area (Å²) >= 11 is 0. The highest BCUT2D eigenvalue weighted by molar-refractivity contribution is 5.94. The molecule has 5 nitrogen and oxygen atoms in total. The van der Waals surface area contributed by atoms with Crippen LogP contribution in [0.3, 0.4) is 0 Å². The van der Waals surface area contributed by atoms with Crippen molar-refractivity contribution in [2.24, 2.45) is 0 Å². The van der Waals surface area contributed by atoms with Crippen LogP contribution in [0.5, 0.6) is 5.75 Å². The Morgan fingerprint density at radius 1 is 1.16 bits per heavy atom. The summed E-state index contributed by atoms with van der Waals surface area (Å²) < 4.78 is 6.05. The van der Waals surface area contributed by atoms with Gasteiger partial charge in [0.1, 0.15) is 12.0 Å². The first-order valence-corrected chi connectivity index (χ1v) is 11.4. The fraction of sp³-hybridized carbons (Fsp3) is 0.462. The van der Waals surface area contributed by atoms with Crippen molar-refractivity contribution in [3.63, 3.8) is 0 Å². The second-order valence-electron chi connectivity index (χ2n) is 8.73. The van der Waals surface area contributed by atoms with Crippen molar-refractivity contribution >= 4 is 23.4 Å². The molecule has 164 valence electrons. The largest absolute Gasteiger partial charge is 0.494 e. The summed E-state index contributed by atoms with van der Waals surface area (Å²) in [6.45, 7) is 6.89. The van der Waals surface area contributed by atoms with Crippen LogP contribution in [0.4, 0.5) is 11.4 Å². The molecular weight excluding hydrogens is 388 g/mol. The number of carbonyl (C=O) groups is 2. The van der Waals surface area contributed by atoms with E-state index in [0.717, 1.165) is 55.8 Å². The van der Waals surface area contributed by atoms with E-state index in [4.69, 9.17) is 4.74 Å². The van der Waals surface area contributed by atoms with Crippen LogP contribution in [0.15, 0.2) is 42.5 Å². The van der Waals surface area contributed by atoms with Crippen molar-refractivity contribution in [1.82, 2.24) is 4.90 Å². The zero-order chi connectivity index (χ0) is 21.8. The highest BCUT2D eigenvalue weighted by atomic mass is 16.5. The normalized spacial score (nSPS) is 21.0. The number of rotatable bonds is 8. The zero-order valence-electron chi connectivity index (χ0n) is 18.5. The van der Waals surface area contributed by atoms with E-state index in [2.05, 4.69) is 28.9 Å². The minimum Gasteiger partial charge on any atom is -0.494 e. The third kappa shape index (κ3) is 4.82. The summed E-state index contributed by atoms with van der Waals surface area (Å²) in [6.07, 6.45) is 6.28. The number of likely N-dealkylation sites (tertiary alicyclic amines) is 1. The Hall–Kier alpha value is -2.66. The van der Waals surface area contributed by atoms with Gasteiger partial charge in [-0.3, -0.25) is 4.79 Å².